The average molecular weight is 456 g/mol. The number of rotatable bonds is 7. The second-order valence-corrected chi connectivity index (χ2v) is 7.67. The molecule has 7 nitrogen and oxygen atoms in total. The molecule has 0 amide bonds. The molecule has 0 aliphatic carbocycles. The molecule has 0 fully saturated rings. The van der Waals surface area contributed by atoms with E-state index < -0.39 is 22.5 Å². The molecule has 0 N–H and O–H groups in total. The number of ether oxygens (including phenoxy) is 2. The molecular formula is C18H18BrNO6S. The standard InChI is InChI=1S/C18H18BrNO6S/c1-3-25-17-8-11(4-7-15(17)24-2)14(10-27(22)23)20-13-6-5-12(19)9-16(13)26-18(20)21/h4-9,14,27H,3,10H2,1-2H3/t14-/m0/s1. The van der Waals surface area contributed by atoms with Crippen molar-refractivity contribution in [3.63, 3.8) is 0 Å². The average Bonchev–Trinajstić information content (AvgIpc) is 2.94. The predicted molar refractivity (Wildman–Crippen MR) is 106 cm³/mol. The zero-order chi connectivity index (χ0) is 19.6. The maximum atomic E-state index is 12.5. The lowest BCUT2D eigenvalue weighted by Crippen LogP contribution is -2.25. The van der Waals surface area contributed by atoms with Crippen molar-refractivity contribution in [2.75, 3.05) is 19.5 Å². The van der Waals surface area contributed by atoms with Crippen LogP contribution in [0, 0.1) is 0 Å². The van der Waals surface area contributed by atoms with Crippen LogP contribution < -0.4 is 15.2 Å². The zero-order valence-corrected chi connectivity index (χ0v) is 17.2. The maximum Gasteiger partial charge on any atom is 0.420 e. The second-order valence-electron chi connectivity index (χ2n) is 5.72. The molecule has 3 aromatic rings. The molecule has 0 unspecified atom stereocenters. The van der Waals surface area contributed by atoms with Crippen LogP contribution >= 0.6 is 15.9 Å². The Balaban J connectivity index is 2.20. The lowest BCUT2D eigenvalue weighted by atomic mass is 10.1. The molecule has 1 aromatic heterocycles. The summed E-state index contributed by atoms with van der Waals surface area (Å²) in [5, 5.41) is 0. The number of hydrogen-bond acceptors (Lipinski definition) is 6. The molecule has 1 atom stereocenters. The van der Waals surface area contributed by atoms with E-state index >= 15 is 0 Å². The third kappa shape index (κ3) is 4.03. The monoisotopic (exact) mass is 455 g/mol. The highest BCUT2D eigenvalue weighted by molar-refractivity contribution is 9.10. The van der Waals surface area contributed by atoms with Gasteiger partial charge in [-0.05, 0) is 42.8 Å². The summed E-state index contributed by atoms with van der Waals surface area (Å²) in [7, 11) is -1.23. The van der Waals surface area contributed by atoms with Gasteiger partial charge >= 0.3 is 5.76 Å². The molecule has 0 saturated heterocycles. The summed E-state index contributed by atoms with van der Waals surface area (Å²) in [5.74, 6) is 0.128. The first kappa shape index (κ1) is 19.5. The molecule has 0 radical (unpaired) electrons. The Morgan fingerprint density at radius 2 is 1.96 bits per heavy atom. The lowest BCUT2D eigenvalue weighted by Gasteiger charge is -2.18. The van der Waals surface area contributed by atoms with Gasteiger partial charge < -0.3 is 13.9 Å². The number of fused-ring (bicyclic) bond motifs is 1. The summed E-state index contributed by atoms with van der Waals surface area (Å²) >= 11 is 3.33. The Labute approximate surface area is 165 Å². The van der Waals surface area contributed by atoms with Crippen molar-refractivity contribution in [3.05, 3.63) is 57.0 Å². The molecular weight excluding hydrogens is 438 g/mol. The first-order valence-corrected chi connectivity index (χ1v) is 10.3. The van der Waals surface area contributed by atoms with Gasteiger partial charge in [0, 0.05) is 4.47 Å². The van der Waals surface area contributed by atoms with Crippen LogP contribution in [-0.4, -0.2) is 32.5 Å². The van der Waals surface area contributed by atoms with Gasteiger partial charge in [0.25, 0.3) is 0 Å². The molecule has 0 spiro atoms. The summed E-state index contributed by atoms with van der Waals surface area (Å²) in [4.78, 5) is 12.5. The number of aromatic nitrogens is 1. The summed E-state index contributed by atoms with van der Waals surface area (Å²) < 4.78 is 41.4. The van der Waals surface area contributed by atoms with Crippen molar-refractivity contribution in [1.29, 1.82) is 0 Å². The van der Waals surface area contributed by atoms with E-state index in [0.29, 0.717) is 34.8 Å². The predicted octanol–water partition coefficient (Wildman–Crippen LogP) is 2.97. The van der Waals surface area contributed by atoms with Crippen LogP contribution in [0.1, 0.15) is 18.5 Å². The van der Waals surface area contributed by atoms with Crippen molar-refractivity contribution >= 4 is 37.7 Å². The molecule has 3 rings (SSSR count). The van der Waals surface area contributed by atoms with E-state index in [1.165, 1.54) is 11.7 Å². The largest absolute Gasteiger partial charge is 0.493 e. The van der Waals surface area contributed by atoms with E-state index in [1.54, 1.807) is 36.4 Å². The summed E-state index contributed by atoms with van der Waals surface area (Å²) in [6, 6.07) is 9.48. The van der Waals surface area contributed by atoms with E-state index in [2.05, 4.69) is 15.9 Å². The molecule has 0 saturated carbocycles. The summed E-state index contributed by atoms with van der Waals surface area (Å²) in [5.41, 5.74) is 1.49. The molecule has 0 aliphatic rings. The van der Waals surface area contributed by atoms with Crippen molar-refractivity contribution in [2.45, 2.75) is 13.0 Å². The fourth-order valence-corrected chi connectivity index (χ4v) is 3.95. The number of nitrogens with zero attached hydrogens (tertiary/aromatic N) is 1. The van der Waals surface area contributed by atoms with Gasteiger partial charge in [0.1, 0.15) is 10.7 Å². The highest BCUT2D eigenvalue weighted by Crippen LogP contribution is 2.33. The fraction of sp³-hybridized carbons (Fsp3) is 0.278. The minimum absolute atomic E-state index is 0.252. The minimum Gasteiger partial charge on any atom is -0.493 e. The SMILES string of the molecule is CCOc1cc([C@H](C[SH](=O)=O)n2c(=O)oc3cc(Br)ccc32)ccc1OC. The molecule has 27 heavy (non-hydrogen) atoms. The van der Waals surface area contributed by atoms with Crippen LogP contribution in [0.15, 0.2) is 50.1 Å². The molecule has 0 aliphatic heterocycles. The second kappa shape index (κ2) is 8.18. The van der Waals surface area contributed by atoms with Gasteiger partial charge in [0.05, 0.1) is 31.0 Å². The topological polar surface area (TPSA) is 87.7 Å². The van der Waals surface area contributed by atoms with E-state index in [1.807, 2.05) is 6.92 Å². The zero-order valence-electron chi connectivity index (χ0n) is 14.7. The number of hydrogen-bond donors (Lipinski definition) is 1. The fourth-order valence-electron chi connectivity index (χ4n) is 2.95. The Morgan fingerprint density at radius 3 is 2.63 bits per heavy atom. The lowest BCUT2D eigenvalue weighted by molar-refractivity contribution is 0.310. The molecule has 9 heteroatoms. The van der Waals surface area contributed by atoms with E-state index in [9.17, 15) is 13.2 Å². The van der Waals surface area contributed by atoms with Gasteiger partial charge in [-0.1, -0.05) is 22.0 Å². The van der Waals surface area contributed by atoms with Crippen molar-refractivity contribution in [1.82, 2.24) is 4.57 Å². The van der Waals surface area contributed by atoms with Crippen molar-refractivity contribution in [3.8, 4) is 11.5 Å². The van der Waals surface area contributed by atoms with E-state index in [-0.39, 0.29) is 5.75 Å². The third-order valence-corrected chi connectivity index (χ3v) is 5.22. The number of benzene rings is 2. The highest BCUT2D eigenvalue weighted by atomic mass is 79.9. The molecule has 1 heterocycles. The number of halogens is 1. The van der Waals surface area contributed by atoms with Gasteiger partial charge in [0.15, 0.2) is 17.1 Å². The smallest absolute Gasteiger partial charge is 0.420 e. The van der Waals surface area contributed by atoms with Crippen LogP contribution in [0.4, 0.5) is 0 Å². The first-order valence-electron chi connectivity index (χ1n) is 8.17. The Hall–Kier alpha value is -2.26. The van der Waals surface area contributed by atoms with Crippen LogP contribution in [0.3, 0.4) is 0 Å². The maximum absolute atomic E-state index is 12.5. The number of oxazole rings is 1. The van der Waals surface area contributed by atoms with Gasteiger partial charge in [0.2, 0.25) is 0 Å². The molecule has 144 valence electrons. The van der Waals surface area contributed by atoms with Crippen LogP contribution in [0.2, 0.25) is 0 Å². The van der Waals surface area contributed by atoms with Crippen molar-refractivity contribution in [2.24, 2.45) is 0 Å². The van der Waals surface area contributed by atoms with Gasteiger partial charge in [-0.3, -0.25) is 4.57 Å². The van der Waals surface area contributed by atoms with Crippen molar-refractivity contribution < 1.29 is 22.3 Å². The summed E-state index contributed by atoms with van der Waals surface area (Å²) in [6.07, 6.45) is 0. The Bertz CT molecular complexity index is 1090. The molecule has 2 aromatic carbocycles. The van der Waals surface area contributed by atoms with Gasteiger partial charge in [-0.25, -0.2) is 13.2 Å². The normalized spacial score (nSPS) is 12.4. The van der Waals surface area contributed by atoms with Crippen LogP contribution in [0.5, 0.6) is 11.5 Å². The van der Waals surface area contributed by atoms with Crippen LogP contribution in [0.25, 0.3) is 11.1 Å². The quantitative estimate of drug-likeness (QED) is 0.551. The van der Waals surface area contributed by atoms with E-state index in [0.717, 1.165) is 4.47 Å². The number of methoxy groups -OCH3 is 1. The van der Waals surface area contributed by atoms with Gasteiger partial charge in [-0.15, -0.1) is 0 Å². The molecule has 0 bridgehead atoms. The Morgan fingerprint density at radius 1 is 1.19 bits per heavy atom. The van der Waals surface area contributed by atoms with Gasteiger partial charge in [-0.2, -0.15) is 0 Å². The summed E-state index contributed by atoms with van der Waals surface area (Å²) in [6.45, 7) is 2.26. The van der Waals surface area contributed by atoms with Crippen LogP contribution in [-0.2, 0) is 10.7 Å². The minimum atomic E-state index is -2.75. The number of thiol groups is 1. The highest BCUT2D eigenvalue weighted by Gasteiger charge is 2.23. The Kier molecular flexibility index (Phi) is 5.91. The first-order chi connectivity index (χ1) is 12.9. The van der Waals surface area contributed by atoms with E-state index in [4.69, 9.17) is 13.9 Å². The third-order valence-electron chi connectivity index (χ3n) is 4.08.